The van der Waals surface area contributed by atoms with Gasteiger partial charge in [-0.15, -0.1) is 0 Å². The summed E-state index contributed by atoms with van der Waals surface area (Å²) in [6.07, 6.45) is 3.45. The molecule has 1 saturated heterocycles. The first kappa shape index (κ1) is 19.2. The number of hydrogen-bond acceptors (Lipinski definition) is 4. The zero-order chi connectivity index (χ0) is 19.4. The van der Waals surface area contributed by atoms with E-state index in [1.165, 1.54) is 0 Å². The van der Waals surface area contributed by atoms with Crippen molar-refractivity contribution in [1.29, 1.82) is 0 Å². The van der Waals surface area contributed by atoms with Crippen LogP contribution < -0.4 is 15.6 Å². The Morgan fingerprint density at radius 1 is 1.07 bits per heavy atom. The number of aryl methyl sites for hydroxylation is 2. The van der Waals surface area contributed by atoms with Crippen molar-refractivity contribution in [2.45, 2.75) is 39.5 Å². The number of nitrogens with zero attached hydrogens (tertiary/aromatic N) is 1. The summed E-state index contributed by atoms with van der Waals surface area (Å²) in [6.45, 7) is 4.95. The molecule has 1 aliphatic carbocycles. The Hall–Kier alpha value is -2.57. The third-order valence-electron chi connectivity index (χ3n) is 5.20. The number of hydrazine groups is 1. The number of carbonyl (C=O) groups is 3. The van der Waals surface area contributed by atoms with Crippen LogP contribution in [-0.2, 0) is 14.4 Å². The molecule has 1 aromatic carbocycles. The summed E-state index contributed by atoms with van der Waals surface area (Å²) < 4.78 is 5.45. The number of carbonyl (C=O) groups excluding carboxylic acids is 3. The van der Waals surface area contributed by atoms with Crippen molar-refractivity contribution in [2.75, 3.05) is 19.7 Å². The number of hydrogen-bond donors (Lipinski definition) is 2. The van der Waals surface area contributed by atoms with E-state index in [0.717, 1.165) is 43.4 Å². The molecule has 1 unspecified atom stereocenters. The zero-order valence-electron chi connectivity index (χ0n) is 15.9. The summed E-state index contributed by atoms with van der Waals surface area (Å²) >= 11 is 0. The highest BCUT2D eigenvalue weighted by atomic mass is 16.5. The molecule has 27 heavy (non-hydrogen) atoms. The van der Waals surface area contributed by atoms with Gasteiger partial charge in [0, 0.05) is 19.0 Å². The molecule has 0 aromatic heterocycles. The third kappa shape index (κ3) is 5.21. The number of amides is 3. The first-order valence-electron chi connectivity index (χ1n) is 9.51. The smallest absolute Gasteiger partial charge is 0.276 e. The van der Waals surface area contributed by atoms with Crippen molar-refractivity contribution in [3.8, 4) is 5.75 Å². The van der Waals surface area contributed by atoms with Crippen LogP contribution in [0.25, 0.3) is 0 Å². The Morgan fingerprint density at radius 3 is 2.56 bits per heavy atom. The van der Waals surface area contributed by atoms with Gasteiger partial charge in [-0.1, -0.05) is 6.07 Å². The van der Waals surface area contributed by atoms with Crippen molar-refractivity contribution in [2.24, 2.45) is 11.8 Å². The lowest BCUT2D eigenvalue weighted by atomic mass is 9.97. The van der Waals surface area contributed by atoms with Crippen LogP contribution in [0.2, 0.25) is 0 Å². The van der Waals surface area contributed by atoms with E-state index >= 15 is 0 Å². The van der Waals surface area contributed by atoms with E-state index in [4.69, 9.17) is 4.74 Å². The normalized spacial score (nSPS) is 19.3. The molecule has 7 heteroatoms. The van der Waals surface area contributed by atoms with Crippen LogP contribution >= 0.6 is 0 Å². The molecule has 2 aliphatic rings. The number of likely N-dealkylation sites (tertiary alicyclic amines) is 1. The highest BCUT2D eigenvalue weighted by molar-refractivity contribution is 5.85. The second-order valence-electron chi connectivity index (χ2n) is 7.47. The van der Waals surface area contributed by atoms with Crippen LogP contribution in [0.5, 0.6) is 5.75 Å². The minimum atomic E-state index is -0.427. The minimum absolute atomic E-state index is 0.161. The van der Waals surface area contributed by atoms with E-state index in [1.807, 2.05) is 32.0 Å². The summed E-state index contributed by atoms with van der Waals surface area (Å²) in [7, 11) is 0. The monoisotopic (exact) mass is 373 g/mol. The highest BCUT2D eigenvalue weighted by Crippen LogP contribution is 2.32. The van der Waals surface area contributed by atoms with Crippen molar-refractivity contribution >= 4 is 17.7 Å². The van der Waals surface area contributed by atoms with Crippen molar-refractivity contribution in [3.05, 3.63) is 29.3 Å². The Morgan fingerprint density at radius 2 is 1.85 bits per heavy atom. The van der Waals surface area contributed by atoms with Gasteiger partial charge in [0.25, 0.3) is 5.91 Å². The lowest BCUT2D eigenvalue weighted by Gasteiger charge is -2.32. The number of nitrogens with one attached hydrogen (secondary N) is 2. The van der Waals surface area contributed by atoms with Crippen LogP contribution in [0.3, 0.4) is 0 Å². The largest absolute Gasteiger partial charge is 0.484 e. The average molecular weight is 373 g/mol. The van der Waals surface area contributed by atoms with Gasteiger partial charge < -0.3 is 9.64 Å². The molecule has 146 valence electrons. The molecule has 2 fully saturated rings. The molecule has 2 N–H and O–H groups in total. The van der Waals surface area contributed by atoms with Gasteiger partial charge in [0.15, 0.2) is 6.61 Å². The van der Waals surface area contributed by atoms with E-state index in [2.05, 4.69) is 10.9 Å². The van der Waals surface area contributed by atoms with Crippen molar-refractivity contribution < 1.29 is 19.1 Å². The van der Waals surface area contributed by atoms with Crippen molar-refractivity contribution in [3.63, 3.8) is 0 Å². The van der Waals surface area contributed by atoms with Crippen LogP contribution in [0.4, 0.5) is 0 Å². The fourth-order valence-electron chi connectivity index (χ4n) is 3.20. The maximum absolute atomic E-state index is 12.3. The number of ether oxygens (including phenoxy) is 1. The Kier molecular flexibility index (Phi) is 5.98. The molecule has 1 aliphatic heterocycles. The quantitative estimate of drug-likeness (QED) is 0.766. The third-order valence-corrected chi connectivity index (χ3v) is 5.20. The molecule has 0 radical (unpaired) electrons. The summed E-state index contributed by atoms with van der Waals surface area (Å²) in [5.74, 6) is -0.0398. The zero-order valence-corrected chi connectivity index (χ0v) is 15.9. The van der Waals surface area contributed by atoms with Gasteiger partial charge >= 0.3 is 0 Å². The van der Waals surface area contributed by atoms with E-state index in [-0.39, 0.29) is 30.3 Å². The molecule has 0 spiro atoms. The van der Waals surface area contributed by atoms with Crippen LogP contribution in [0.1, 0.15) is 36.8 Å². The first-order chi connectivity index (χ1) is 12.9. The Bertz CT molecular complexity index is 730. The lowest BCUT2D eigenvalue weighted by molar-refractivity contribution is -0.138. The van der Waals surface area contributed by atoms with E-state index < -0.39 is 5.91 Å². The molecule has 1 saturated carbocycles. The van der Waals surface area contributed by atoms with Gasteiger partial charge in [-0.25, -0.2) is 0 Å². The lowest BCUT2D eigenvalue weighted by Crippen LogP contribution is -2.51. The first-order valence-corrected chi connectivity index (χ1v) is 9.51. The predicted molar refractivity (Wildman–Crippen MR) is 99.7 cm³/mol. The molecule has 3 amide bonds. The van der Waals surface area contributed by atoms with Crippen LogP contribution in [-0.4, -0.2) is 42.3 Å². The maximum Gasteiger partial charge on any atom is 0.276 e. The minimum Gasteiger partial charge on any atom is -0.484 e. The molecule has 1 atom stereocenters. The fraction of sp³-hybridized carbons (Fsp3) is 0.550. The van der Waals surface area contributed by atoms with Gasteiger partial charge in [-0.2, -0.15) is 0 Å². The molecular formula is C20H27N3O4. The number of piperidine rings is 1. The van der Waals surface area contributed by atoms with E-state index in [9.17, 15) is 14.4 Å². The molecule has 1 aromatic rings. The van der Waals surface area contributed by atoms with Crippen LogP contribution in [0, 0.1) is 25.7 Å². The maximum atomic E-state index is 12.3. The summed E-state index contributed by atoms with van der Waals surface area (Å²) in [5.41, 5.74) is 7.09. The fourth-order valence-corrected chi connectivity index (χ4v) is 3.20. The predicted octanol–water partition coefficient (Wildman–Crippen LogP) is 1.48. The second kappa shape index (κ2) is 8.41. The van der Waals surface area contributed by atoms with Gasteiger partial charge in [0.1, 0.15) is 5.75 Å². The van der Waals surface area contributed by atoms with Crippen LogP contribution in [0.15, 0.2) is 18.2 Å². The van der Waals surface area contributed by atoms with Gasteiger partial charge in [-0.3, -0.25) is 25.2 Å². The molecule has 1 heterocycles. The molecular weight excluding hydrogens is 346 g/mol. The summed E-state index contributed by atoms with van der Waals surface area (Å²) in [5, 5.41) is 0. The molecule has 3 rings (SSSR count). The topological polar surface area (TPSA) is 87.7 Å². The Balaban J connectivity index is 1.40. The highest BCUT2D eigenvalue weighted by Gasteiger charge is 2.36. The number of benzene rings is 1. The van der Waals surface area contributed by atoms with Crippen molar-refractivity contribution in [1.82, 2.24) is 15.8 Å². The van der Waals surface area contributed by atoms with E-state index in [1.54, 1.807) is 4.90 Å². The molecule has 0 bridgehead atoms. The standard InChI is InChI=1S/C20H27N3O4/c1-13-5-8-17(10-14(13)2)27-12-18(24)21-22-19(25)16-4-3-9-23(11-16)20(26)15-6-7-15/h5,8,10,15-16H,3-4,6-7,9,11-12H2,1-2H3,(H,21,24)(H,22,25). The van der Waals surface area contributed by atoms with Gasteiger partial charge in [0.05, 0.1) is 5.92 Å². The summed E-state index contributed by atoms with van der Waals surface area (Å²) in [6, 6.07) is 5.61. The Labute approximate surface area is 159 Å². The summed E-state index contributed by atoms with van der Waals surface area (Å²) in [4.78, 5) is 38.2. The average Bonchev–Trinajstić information content (AvgIpc) is 3.51. The SMILES string of the molecule is Cc1ccc(OCC(=O)NNC(=O)C2CCCN(C(=O)C3CC3)C2)cc1C. The van der Waals surface area contributed by atoms with Gasteiger partial charge in [-0.05, 0) is 62.8 Å². The second-order valence-corrected chi connectivity index (χ2v) is 7.47. The number of rotatable bonds is 5. The molecule has 7 nitrogen and oxygen atoms in total. The van der Waals surface area contributed by atoms with E-state index in [0.29, 0.717) is 12.3 Å². The van der Waals surface area contributed by atoms with Gasteiger partial charge in [0.2, 0.25) is 11.8 Å².